The van der Waals surface area contributed by atoms with E-state index in [1.807, 2.05) is 7.05 Å². The fraction of sp³-hybridized carbons (Fsp3) is 0.800. The Labute approximate surface area is 102 Å². The van der Waals surface area contributed by atoms with Crippen LogP contribution >= 0.6 is 12.6 Å². The number of nitrogens with one attached hydrogen (secondary N) is 1. The highest BCUT2D eigenvalue weighted by Crippen LogP contribution is 2.03. The third-order valence-corrected chi connectivity index (χ3v) is 3.04. The lowest BCUT2D eigenvalue weighted by atomic mass is 10.2. The van der Waals surface area contributed by atoms with E-state index in [4.69, 9.17) is 0 Å². The molecule has 1 rings (SSSR count). The molecule has 1 saturated heterocycles. The zero-order valence-electron chi connectivity index (χ0n) is 9.77. The van der Waals surface area contributed by atoms with E-state index in [-0.39, 0.29) is 11.8 Å². The van der Waals surface area contributed by atoms with Crippen LogP contribution in [0.3, 0.4) is 0 Å². The maximum atomic E-state index is 12.0. The summed E-state index contributed by atoms with van der Waals surface area (Å²) in [7, 11) is 2.03. The second-order valence-corrected chi connectivity index (χ2v) is 4.43. The molecule has 0 spiro atoms. The van der Waals surface area contributed by atoms with Crippen LogP contribution in [0.5, 0.6) is 0 Å². The number of nitrogens with zero attached hydrogens (tertiary/aromatic N) is 2. The molecular formula is C10H19N3O2S. The van der Waals surface area contributed by atoms with Crippen LogP contribution in [-0.2, 0) is 9.59 Å². The van der Waals surface area contributed by atoms with Crippen molar-refractivity contribution in [1.29, 1.82) is 0 Å². The smallest absolute Gasteiger partial charge is 0.246 e. The second kappa shape index (κ2) is 6.10. The Kier molecular flexibility index (Phi) is 5.08. The number of rotatable bonds is 3. The van der Waals surface area contributed by atoms with E-state index in [2.05, 4.69) is 22.8 Å². The van der Waals surface area contributed by atoms with E-state index in [1.165, 1.54) is 6.92 Å². The van der Waals surface area contributed by atoms with Gasteiger partial charge in [-0.05, 0) is 7.05 Å². The van der Waals surface area contributed by atoms with Gasteiger partial charge in [0.25, 0.3) is 0 Å². The van der Waals surface area contributed by atoms with E-state index in [9.17, 15) is 9.59 Å². The van der Waals surface area contributed by atoms with Crippen molar-refractivity contribution in [3.8, 4) is 0 Å². The van der Waals surface area contributed by atoms with Crippen molar-refractivity contribution in [1.82, 2.24) is 15.1 Å². The largest absolute Gasteiger partial charge is 0.344 e. The lowest BCUT2D eigenvalue weighted by Crippen LogP contribution is -2.54. The Hall–Kier alpha value is -0.750. The SMILES string of the molecule is CC(=O)NC(CS)C(=O)N1CCN(C)CC1. The topological polar surface area (TPSA) is 52.7 Å². The highest BCUT2D eigenvalue weighted by molar-refractivity contribution is 7.80. The van der Waals surface area contributed by atoms with Gasteiger partial charge in [0.05, 0.1) is 0 Å². The molecule has 1 N–H and O–H groups in total. The maximum Gasteiger partial charge on any atom is 0.246 e. The van der Waals surface area contributed by atoms with Gasteiger partial charge in [-0.25, -0.2) is 0 Å². The molecule has 0 aromatic heterocycles. The zero-order valence-corrected chi connectivity index (χ0v) is 10.7. The Balaban J connectivity index is 2.51. The lowest BCUT2D eigenvalue weighted by Gasteiger charge is -2.34. The fourth-order valence-electron chi connectivity index (χ4n) is 1.68. The Morgan fingerprint density at radius 3 is 2.31 bits per heavy atom. The Morgan fingerprint density at radius 2 is 1.88 bits per heavy atom. The average Bonchev–Trinajstić information content (AvgIpc) is 2.25. The van der Waals surface area contributed by atoms with Crippen molar-refractivity contribution in [2.75, 3.05) is 39.0 Å². The van der Waals surface area contributed by atoms with Gasteiger partial charge in [0.1, 0.15) is 6.04 Å². The number of carbonyl (C=O) groups excluding carboxylic acids is 2. The van der Waals surface area contributed by atoms with Gasteiger partial charge in [0.2, 0.25) is 11.8 Å². The highest BCUT2D eigenvalue weighted by Gasteiger charge is 2.26. The number of amides is 2. The summed E-state index contributed by atoms with van der Waals surface area (Å²) in [6.45, 7) is 4.61. The molecule has 0 aliphatic carbocycles. The molecule has 6 heteroatoms. The molecule has 0 saturated carbocycles. The molecule has 2 amide bonds. The zero-order chi connectivity index (χ0) is 12.1. The van der Waals surface area contributed by atoms with Crippen molar-refractivity contribution in [3.05, 3.63) is 0 Å². The summed E-state index contributed by atoms with van der Waals surface area (Å²) in [5.41, 5.74) is 0. The number of likely N-dealkylation sites (N-methyl/N-ethyl adjacent to an activating group) is 1. The quantitative estimate of drug-likeness (QED) is 0.640. The second-order valence-electron chi connectivity index (χ2n) is 4.06. The molecule has 92 valence electrons. The summed E-state index contributed by atoms with van der Waals surface area (Å²) >= 11 is 4.09. The van der Waals surface area contributed by atoms with Crippen molar-refractivity contribution in [2.24, 2.45) is 0 Å². The van der Waals surface area contributed by atoms with Crippen molar-refractivity contribution < 1.29 is 9.59 Å². The lowest BCUT2D eigenvalue weighted by molar-refractivity contribution is -0.136. The predicted molar refractivity (Wildman–Crippen MR) is 65.5 cm³/mol. The molecule has 1 atom stereocenters. The van der Waals surface area contributed by atoms with E-state index in [0.717, 1.165) is 26.2 Å². The molecule has 1 heterocycles. The first-order chi connectivity index (χ1) is 7.54. The minimum absolute atomic E-state index is 0.0294. The molecule has 16 heavy (non-hydrogen) atoms. The molecule has 1 aliphatic heterocycles. The number of carbonyl (C=O) groups is 2. The maximum absolute atomic E-state index is 12.0. The van der Waals surface area contributed by atoms with Gasteiger partial charge in [-0.1, -0.05) is 0 Å². The van der Waals surface area contributed by atoms with Gasteiger partial charge in [0, 0.05) is 38.9 Å². The van der Waals surface area contributed by atoms with Gasteiger partial charge in [0.15, 0.2) is 0 Å². The molecule has 1 fully saturated rings. The van der Waals surface area contributed by atoms with Crippen LogP contribution < -0.4 is 5.32 Å². The monoisotopic (exact) mass is 245 g/mol. The van der Waals surface area contributed by atoms with Crippen LogP contribution in [0.2, 0.25) is 0 Å². The van der Waals surface area contributed by atoms with Gasteiger partial charge in [-0.15, -0.1) is 0 Å². The molecule has 1 aliphatic rings. The van der Waals surface area contributed by atoms with Crippen LogP contribution in [0.15, 0.2) is 0 Å². The Morgan fingerprint density at radius 1 is 1.31 bits per heavy atom. The van der Waals surface area contributed by atoms with E-state index in [1.54, 1.807) is 4.90 Å². The normalized spacial score (nSPS) is 19.3. The molecule has 0 aromatic rings. The molecule has 0 radical (unpaired) electrons. The van der Waals surface area contributed by atoms with Crippen LogP contribution in [0.4, 0.5) is 0 Å². The van der Waals surface area contributed by atoms with E-state index in [0.29, 0.717) is 5.75 Å². The summed E-state index contributed by atoms with van der Waals surface area (Å²) in [5, 5.41) is 2.62. The number of piperazine rings is 1. The van der Waals surface area contributed by atoms with Gasteiger partial charge < -0.3 is 15.1 Å². The molecular weight excluding hydrogens is 226 g/mol. The van der Waals surface area contributed by atoms with Crippen molar-refractivity contribution in [3.63, 3.8) is 0 Å². The number of hydrogen-bond donors (Lipinski definition) is 2. The van der Waals surface area contributed by atoms with Crippen molar-refractivity contribution in [2.45, 2.75) is 13.0 Å². The van der Waals surface area contributed by atoms with Crippen LogP contribution in [0.25, 0.3) is 0 Å². The fourth-order valence-corrected chi connectivity index (χ4v) is 1.93. The van der Waals surface area contributed by atoms with E-state index < -0.39 is 6.04 Å². The van der Waals surface area contributed by atoms with E-state index >= 15 is 0 Å². The third-order valence-electron chi connectivity index (χ3n) is 2.67. The van der Waals surface area contributed by atoms with Gasteiger partial charge in [-0.2, -0.15) is 12.6 Å². The standard InChI is InChI=1S/C10H19N3O2S/c1-8(14)11-9(7-16)10(15)13-5-3-12(2)4-6-13/h9,16H,3-7H2,1-2H3,(H,11,14). The third kappa shape index (κ3) is 3.68. The first-order valence-corrected chi connectivity index (χ1v) is 6.03. The number of thiol groups is 1. The Bertz CT molecular complexity index is 265. The molecule has 0 bridgehead atoms. The number of hydrogen-bond acceptors (Lipinski definition) is 4. The minimum atomic E-state index is -0.496. The average molecular weight is 245 g/mol. The molecule has 1 unspecified atom stereocenters. The van der Waals surface area contributed by atoms with Crippen LogP contribution in [-0.4, -0.2) is 66.6 Å². The van der Waals surface area contributed by atoms with Crippen LogP contribution in [0, 0.1) is 0 Å². The van der Waals surface area contributed by atoms with Gasteiger partial charge in [-0.3, -0.25) is 9.59 Å². The predicted octanol–water partition coefficient (Wildman–Crippen LogP) is -0.805. The summed E-state index contributed by atoms with van der Waals surface area (Å²) < 4.78 is 0. The summed E-state index contributed by atoms with van der Waals surface area (Å²) in [5.74, 6) is 0.116. The first kappa shape index (κ1) is 13.3. The molecule has 5 nitrogen and oxygen atoms in total. The molecule has 0 aromatic carbocycles. The first-order valence-electron chi connectivity index (χ1n) is 5.40. The summed E-state index contributed by atoms with van der Waals surface area (Å²) in [4.78, 5) is 26.9. The van der Waals surface area contributed by atoms with Crippen LogP contribution in [0.1, 0.15) is 6.92 Å². The van der Waals surface area contributed by atoms with Gasteiger partial charge >= 0.3 is 0 Å². The van der Waals surface area contributed by atoms with Crippen molar-refractivity contribution >= 4 is 24.4 Å². The minimum Gasteiger partial charge on any atom is -0.344 e. The summed E-state index contributed by atoms with van der Waals surface area (Å²) in [6.07, 6.45) is 0. The highest BCUT2D eigenvalue weighted by atomic mass is 32.1. The summed E-state index contributed by atoms with van der Waals surface area (Å²) in [6, 6.07) is -0.496.